The SMILES string of the molecule is CC(C)(C)OC(=O)N1CCC(CC[C@@H]2CC2c2ccccc2)(COCC2CCC2)CC1. The summed E-state index contributed by atoms with van der Waals surface area (Å²) in [7, 11) is 0. The minimum Gasteiger partial charge on any atom is -0.444 e. The number of likely N-dealkylation sites (tertiary alicyclic amines) is 1. The van der Waals surface area contributed by atoms with Crippen LogP contribution < -0.4 is 0 Å². The molecule has 4 rings (SSSR count). The van der Waals surface area contributed by atoms with Crippen LogP contribution in [-0.4, -0.2) is 42.9 Å². The zero-order valence-electron chi connectivity index (χ0n) is 19.8. The molecule has 0 spiro atoms. The Bertz CT molecular complexity index is 714. The Hall–Kier alpha value is -1.55. The molecule has 1 saturated heterocycles. The quantitative estimate of drug-likeness (QED) is 0.481. The van der Waals surface area contributed by atoms with Crippen molar-refractivity contribution in [2.75, 3.05) is 26.3 Å². The summed E-state index contributed by atoms with van der Waals surface area (Å²) in [6.45, 7) is 9.16. The van der Waals surface area contributed by atoms with Crippen LogP contribution in [0.5, 0.6) is 0 Å². The molecular formula is C27H41NO3. The van der Waals surface area contributed by atoms with Crippen molar-refractivity contribution in [3.63, 3.8) is 0 Å². The molecule has 3 aliphatic rings. The van der Waals surface area contributed by atoms with Gasteiger partial charge in [0.05, 0.1) is 6.61 Å². The number of piperidine rings is 1. The summed E-state index contributed by atoms with van der Waals surface area (Å²) in [6.07, 6.45) is 9.74. The number of amides is 1. The van der Waals surface area contributed by atoms with Gasteiger partial charge in [-0.3, -0.25) is 0 Å². The van der Waals surface area contributed by atoms with Crippen molar-refractivity contribution in [2.45, 2.75) is 83.7 Å². The molecule has 0 N–H and O–H groups in total. The van der Waals surface area contributed by atoms with Crippen LogP contribution in [0.15, 0.2) is 30.3 Å². The minimum atomic E-state index is -0.435. The van der Waals surface area contributed by atoms with Gasteiger partial charge in [0.1, 0.15) is 5.60 Å². The van der Waals surface area contributed by atoms with Crippen LogP contribution in [-0.2, 0) is 9.47 Å². The number of hydrogen-bond acceptors (Lipinski definition) is 3. The molecule has 4 nitrogen and oxygen atoms in total. The third kappa shape index (κ3) is 6.25. The Morgan fingerprint density at radius 2 is 1.84 bits per heavy atom. The van der Waals surface area contributed by atoms with E-state index >= 15 is 0 Å². The number of carbonyl (C=O) groups is 1. The fourth-order valence-electron chi connectivity index (χ4n) is 5.22. The van der Waals surface area contributed by atoms with Gasteiger partial charge in [-0.05, 0) is 94.4 Å². The third-order valence-electron chi connectivity index (χ3n) is 7.66. The fourth-order valence-corrected chi connectivity index (χ4v) is 5.22. The number of rotatable bonds is 8. The summed E-state index contributed by atoms with van der Waals surface area (Å²) in [5, 5.41) is 0. The van der Waals surface area contributed by atoms with Gasteiger partial charge in [-0.1, -0.05) is 36.8 Å². The monoisotopic (exact) mass is 427 g/mol. The van der Waals surface area contributed by atoms with Crippen LogP contribution in [0.3, 0.4) is 0 Å². The molecule has 31 heavy (non-hydrogen) atoms. The maximum absolute atomic E-state index is 12.5. The van der Waals surface area contributed by atoms with Crippen LogP contribution in [0.25, 0.3) is 0 Å². The lowest BCUT2D eigenvalue weighted by molar-refractivity contribution is -0.0335. The molecule has 1 aromatic carbocycles. The van der Waals surface area contributed by atoms with Crippen molar-refractivity contribution in [2.24, 2.45) is 17.3 Å². The molecule has 1 heterocycles. The average molecular weight is 428 g/mol. The Labute approximate surface area is 188 Å². The molecule has 1 aromatic rings. The van der Waals surface area contributed by atoms with E-state index in [0.717, 1.165) is 56.9 Å². The summed E-state index contributed by atoms with van der Waals surface area (Å²) < 4.78 is 11.9. The highest BCUT2D eigenvalue weighted by Crippen LogP contribution is 2.52. The molecule has 1 aliphatic heterocycles. The molecule has 0 bridgehead atoms. The van der Waals surface area contributed by atoms with Gasteiger partial charge in [0.2, 0.25) is 0 Å². The van der Waals surface area contributed by atoms with Gasteiger partial charge < -0.3 is 14.4 Å². The van der Waals surface area contributed by atoms with Crippen molar-refractivity contribution in [3.8, 4) is 0 Å². The van der Waals surface area contributed by atoms with Crippen molar-refractivity contribution < 1.29 is 14.3 Å². The van der Waals surface area contributed by atoms with Crippen molar-refractivity contribution in [1.82, 2.24) is 4.90 Å². The predicted octanol–water partition coefficient (Wildman–Crippen LogP) is 6.40. The first-order chi connectivity index (χ1) is 14.8. The molecule has 0 radical (unpaired) electrons. The first kappa shape index (κ1) is 22.6. The summed E-state index contributed by atoms with van der Waals surface area (Å²) in [6, 6.07) is 11.0. The van der Waals surface area contributed by atoms with Gasteiger partial charge in [0, 0.05) is 19.7 Å². The highest BCUT2D eigenvalue weighted by Gasteiger charge is 2.42. The summed E-state index contributed by atoms with van der Waals surface area (Å²) in [5.74, 6) is 2.34. The van der Waals surface area contributed by atoms with E-state index in [9.17, 15) is 4.79 Å². The largest absolute Gasteiger partial charge is 0.444 e. The number of ether oxygens (including phenoxy) is 2. The van der Waals surface area contributed by atoms with Crippen LogP contribution in [0.2, 0.25) is 0 Å². The van der Waals surface area contributed by atoms with Crippen molar-refractivity contribution in [1.29, 1.82) is 0 Å². The molecule has 2 saturated carbocycles. The van der Waals surface area contributed by atoms with Gasteiger partial charge >= 0.3 is 6.09 Å². The summed E-state index contributed by atoms with van der Waals surface area (Å²) in [4.78, 5) is 14.4. The van der Waals surface area contributed by atoms with Gasteiger partial charge in [0.25, 0.3) is 0 Å². The zero-order valence-corrected chi connectivity index (χ0v) is 19.8. The lowest BCUT2D eigenvalue weighted by Crippen LogP contribution is -2.47. The average Bonchev–Trinajstić information content (AvgIpc) is 3.48. The summed E-state index contributed by atoms with van der Waals surface area (Å²) >= 11 is 0. The topological polar surface area (TPSA) is 38.8 Å². The first-order valence-electron chi connectivity index (χ1n) is 12.4. The highest BCUT2D eigenvalue weighted by molar-refractivity contribution is 5.68. The molecule has 0 aromatic heterocycles. The van der Waals surface area contributed by atoms with Gasteiger partial charge in [0.15, 0.2) is 0 Å². The standard InChI is InChI=1S/C27H41NO3/c1-26(2,3)31-25(29)28-16-14-27(15-17-28,20-30-19-21-8-7-9-21)13-12-23-18-24(23)22-10-5-4-6-11-22/h4-6,10-11,21,23-24H,7-9,12-20H2,1-3H3/t23-,24?/m1/s1. The Morgan fingerprint density at radius 3 is 2.45 bits per heavy atom. The molecule has 172 valence electrons. The number of nitrogens with zero attached hydrogens (tertiary/aromatic N) is 1. The van der Waals surface area contributed by atoms with E-state index in [4.69, 9.17) is 9.47 Å². The number of hydrogen-bond donors (Lipinski definition) is 0. The van der Waals surface area contributed by atoms with Gasteiger partial charge in [-0.25, -0.2) is 4.79 Å². The smallest absolute Gasteiger partial charge is 0.410 e. The summed E-state index contributed by atoms with van der Waals surface area (Å²) in [5.41, 5.74) is 1.28. The maximum Gasteiger partial charge on any atom is 0.410 e. The van der Waals surface area contributed by atoms with E-state index in [2.05, 4.69) is 30.3 Å². The van der Waals surface area contributed by atoms with Crippen LogP contribution in [0, 0.1) is 17.3 Å². The maximum atomic E-state index is 12.5. The Morgan fingerprint density at radius 1 is 1.13 bits per heavy atom. The Kier molecular flexibility index (Phi) is 6.95. The predicted molar refractivity (Wildman–Crippen MR) is 124 cm³/mol. The third-order valence-corrected chi connectivity index (χ3v) is 7.66. The molecule has 1 unspecified atom stereocenters. The van der Waals surface area contributed by atoms with Crippen LogP contribution >= 0.6 is 0 Å². The molecular weight excluding hydrogens is 386 g/mol. The normalized spacial score (nSPS) is 25.7. The fraction of sp³-hybridized carbons (Fsp3) is 0.741. The second kappa shape index (κ2) is 9.52. The van der Waals surface area contributed by atoms with Crippen molar-refractivity contribution >= 4 is 6.09 Å². The van der Waals surface area contributed by atoms with Crippen molar-refractivity contribution in [3.05, 3.63) is 35.9 Å². The van der Waals surface area contributed by atoms with Crippen LogP contribution in [0.4, 0.5) is 4.79 Å². The molecule has 2 atom stereocenters. The molecule has 3 fully saturated rings. The zero-order chi connectivity index (χ0) is 21.9. The van der Waals surface area contributed by atoms with E-state index in [1.807, 2.05) is 25.7 Å². The van der Waals surface area contributed by atoms with E-state index in [-0.39, 0.29) is 11.5 Å². The van der Waals surface area contributed by atoms with E-state index < -0.39 is 5.60 Å². The van der Waals surface area contributed by atoms with Gasteiger partial charge in [-0.2, -0.15) is 0 Å². The number of carbonyl (C=O) groups excluding carboxylic acids is 1. The first-order valence-corrected chi connectivity index (χ1v) is 12.4. The highest BCUT2D eigenvalue weighted by atomic mass is 16.6. The minimum absolute atomic E-state index is 0.164. The van der Waals surface area contributed by atoms with Crippen LogP contribution in [0.1, 0.15) is 83.6 Å². The van der Waals surface area contributed by atoms with Gasteiger partial charge in [-0.15, -0.1) is 0 Å². The number of benzene rings is 1. The Balaban J connectivity index is 1.30. The second-order valence-corrected chi connectivity index (χ2v) is 11.3. The van der Waals surface area contributed by atoms with E-state index in [0.29, 0.717) is 0 Å². The second-order valence-electron chi connectivity index (χ2n) is 11.3. The van der Waals surface area contributed by atoms with E-state index in [1.165, 1.54) is 44.1 Å². The lowest BCUT2D eigenvalue weighted by atomic mass is 9.74. The molecule has 4 heteroatoms. The van der Waals surface area contributed by atoms with E-state index in [1.54, 1.807) is 0 Å². The molecule has 1 amide bonds. The molecule has 2 aliphatic carbocycles. The lowest BCUT2D eigenvalue weighted by Gasteiger charge is -2.42.